The molecule has 0 aliphatic carbocycles. The molecule has 1 aromatic heterocycles. The standard InChI is InChI=1S/C10H17BrN4O2/c1-15(2)4-6-17-5-3-12-8-7-13-14-10(16)9(8)11/h7H,3-6H2,1-2H3,(H2,12,14,16). The lowest BCUT2D eigenvalue weighted by atomic mass is 10.4. The number of nitrogens with zero attached hydrogens (tertiary/aromatic N) is 2. The molecule has 0 unspecified atom stereocenters. The largest absolute Gasteiger partial charge is 0.380 e. The predicted molar refractivity (Wildman–Crippen MR) is 70.4 cm³/mol. The monoisotopic (exact) mass is 304 g/mol. The SMILES string of the molecule is CN(C)CCOCCNc1cn[nH]c(=O)c1Br. The maximum Gasteiger partial charge on any atom is 0.280 e. The van der Waals surface area contributed by atoms with Gasteiger partial charge in [0.15, 0.2) is 0 Å². The summed E-state index contributed by atoms with van der Waals surface area (Å²) in [4.78, 5) is 13.3. The highest BCUT2D eigenvalue weighted by atomic mass is 79.9. The van der Waals surface area contributed by atoms with E-state index in [9.17, 15) is 4.79 Å². The molecule has 96 valence electrons. The van der Waals surface area contributed by atoms with Gasteiger partial charge in [0.2, 0.25) is 0 Å². The number of anilines is 1. The van der Waals surface area contributed by atoms with Crippen molar-refractivity contribution in [3.8, 4) is 0 Å². The van der Waals surface area contributed by atoms with E-state index in [1.165, 1.54) is 0 Å². The average molecular weight is 305 g/mol. The van der Waals surface area contributed by atoms with Crippen molar-refractivity contribution >= 4 is 21.6 Å². The van der Waals surface area contributed by atoms with Crippen LogP contribution in [0.25, 0.3) is 0 Å². The van der Waals surface area contributed by atoms with E-state index in [-0.39, 0.29) is 5.56 Å². The van der Waals surface area contributed by atoms with Crippen LogP contribution in [0.15, 0.2) is 15.5 Å². The van der Waals surface area contributed by atoms with Gasteiger partial charge in [-0.2, -0.15) is 5.10 Å². The lowest BCUT2D eigenvalue weighted by Crippen LogP contribution is -2.20. The van der Waals surface area contributed by atoms with E-state index in [1.807, 2.05) is 14.1 Å². The fourth-order valence-corrected chi connectivity index (χ4v) is 1.45. The van der Waals surface area contributed by atoms with Gasteiger partial charge >= 0.3 is 0 Å². The third-order valence-corrected chi connectivity index (χ3v) is 2.83. The summed E-state index contributed by atoms with van der Waals surface area (Å²) in [6.45, 7) is 2.82. The zero-order chi connectivity index (χ0) is 12.7. The van der Waals surface area contributed by atoms with Gasteiger partial charge in [-0.3, -0.25) is 4.79 Å². The molecule has 0 radical (unpaired) electrons. The Hall–Kier alpha value is -0.920. The van der Waals surface area contributed by atoms with Crippen molar-refractivity contribution < 1.29 is 4.74 Å². The van der Waals surface area contributed by atoms with Gasteiger partial charge in [-0.05, 0) is 30.0 Å². The van der Waals surface area contributed by atoms with E-state index >= 15 is 0 Å². The highest BCUT2D eigenvalue weighted by Crippen LogP contribution is 2.14. The number of ether oxygens (including phenoxy) is 1. The van der Waals surface area contributed by atoms with Crippen molar-refractivity contribution in [2.45, 2.75) is 0 Å². The molecule has 6 nitrogen and oxygen atoms in total. The number of nitrogens with one attached hydrogen (secondary N) is 2. The molecule has 0 saturated carbocycles. The van der Waals surface area contributed by atoms with Gasteiger partial charge < -0.3 is 15.0 Å². The molecule has 0 saturated heterocycles. The summed E-state index contributed by atoms with van der Waals surface area (Å²) in [7, 11) is 4.00. The van der Waals surface area contributed by atoms with Crippen LogP contribution in [0.5, 0.6) is 0 Å². The lowest BCUT2D eigenvalue weighted by molar-refractivity contribution is 0.126. The van der Waals surface area contributed by atoms with Crippen LogP contribution in [0.3, 0.4) is 0 Å². The summed E-state index contributed by atoms with van der Waals surface area (Å²) >= 11 is 3.19. The van der Waals surface area contributed by atoms with Crippen LogP contribution in [0, 0.1) is 0 Å². The second-order valence-corrected chi connectivity index (χ2v) is 4.56. The highest BCUT2D eigenvalue weighted by molar-refractivity contribution is 9.10. The summed E-state index contributed by atoms with van der Waals surface area (Å²) in [6, 6.07) is 0. The molecule has 0 fully saturated rings. The van der Waals surface area contributed by atoms with Crippen LogP contribution in [0.2, 0.25) is 0 Å². The minimum atomic E-state index is -0.247. The quantitative estimate of drug-likeness (QED) is 0.719. The summed E-state index contributed by atoms with van der Waals surface area (Å²) in [5.74, 6) is 0. The van der Waals surface area contributed by atoms with Gasteiger partial charge in [0.25, 0.3) is 5.56 Å². The first-order valence-electron chi connectivity index (χ1n) is 5.31. The van der Waals surface area contributed by atoms with Crippen LogP contribution in [-0.4, -0.2) is 55.5 Å². The predicted octanol–water partition coefficient (Wildman–Crippen LogP) is 0.522. The Morgan fingerprint density at radius 3 is 3.00 bits per heavy atom. The Labute approximate surface area is 108 Å². The fraction of sp³-hybridized carbons (Fsp3) is 0.600. The summed E-state index contributed by atoms with van der Waals surface area (Å²) in [6.07, 6.45) is 1.56. The number of H-pyrrole nitrogens is 1. The van der Waals surface area contributed by atoms with Crippen molar-refractivity contribution in [1.82, 2.24) is 15.1 Å². The molecule has 2 N–H and O–H groups in total. The van der Waals surface area contributed by atoms with Crippen LogP contribution < -0.4 is 10.9 Å². The smallest absolute Gasteiger partial charge is 0.280 e. The molecular formula is C10H17BrN4O2. The van der Waals surface area contributed by atoms with E-state index in [0.717, 1.165) is 6.54 Å². The molecule has 0 amide bonds. The van der Waals surface area contributed by atoms with E-state index in [0.29, 0.717) is 29.9 Å². The average Bonchev–Trinajstić information content (AvgIpc) is 2.28. The van der Waals surface area contributed by atoms with Crippen molar-refractivity contribution in [2.75, 3.05) is 45.7 Å². The van der Waals surface area contributed by atoms with Gasteiger partial charge in [0.1, 0.15) is 4.47 Å². The van der Waals surface area contributed by atoms with Gasteiger partial charge in [-0.15, -0.1) is 0 Å². The molecule has 0 aliphatic rings. The maximum absolute atomic E-state index is 11.2. The van der Waals surface area contributed by atoms with Crippen LogP contribution in [0.1, 0.15) is 0 Å². The molecule has 0 atom stereocenters. The van der Waals surface area contributed by atoms with Gasteiger partial charge in [-0.25, -0.2) is 5.10 Å². The second kappa shape index (κ2) is 7.41. The first-order chi connectivity index (χ1) is 8.11. The molecule has 0 aliphatic heterocycles. The van der Waals surface area contributed by atoms with E-state index in [2.05, 4.69) is 36.3 Å². The number of rotatable bonds is 7. The number of aromatic nitrogens is 2. The van der Waals surface area contributed by atoms with Crippen molar-refractivity contribution in [3.63, 3.8) is 0 Å². The minimum Gasteiger partial charge on any atom is -0.380 e. The third-order valence-electron chi connectivity index (χ3n) is 2.04. The highest BCUT2D eigenvalue weighted by Gasteiger charge is 2.02. The number of halogens is 1. The van der Waals surface area contributed by atoms with E-state index in [1.54, 1.807) is 6.20 Å². The lowest BCUT2D eigenvalue weighted by Gasteiger charge is -2.10. The number of hydrogen-bond donors (Lipinski definition) is 2. The third kappa shape index (κ3) is 5.29. The molecule has 1 heterocycles. The molecule has 17 heavy (non-hydrogen) atoms. The fourth-order valence-electron chi connectivity index (χ4n) is 1.11. The Kier molecular flexibility index (Phi) is 6.17. The van der Waals surface area contributed by atoms with Crippen molar-refractivity contribution in [2.24, 2.45) is 0 Å². The topological polar surface area (TPSA) is 70.2 Å². The number of likely N-dealkylation sites (N-methyl/N-ethyl adjacent to an activating group) is 1. The zero-order valence-corrected chi connectivity index (χ0v) is 11.6. The van der Waals surface area contributed by atoms with Gasteiger partial charge in [0, 0.05) is 13.1 Å². The molecule has 0 spiro atoms. The van der Waals surface area contributed by atoms with Gasteiger partial charge in [0.05, 0.1) is 25.1 Å². The molecule has 1 rings (SSSR count). The Morgan fingerprint density at radius 1 is 1.53 bits per heavy atom. The second-order valence-electron chi connectivity index (χ2n) is 3.77. The van der Waals surface area contributed by atoms with E-state index < -0.39 is 0 Å². The minimum absolute atomic E-state index is 0.247. The molecule has 1 aromatic rings. The summed E-state index contributed by atoms with van der Waals surface area (Å²) < 4.78 is 5.87. The molecule has 0 aromatic carbocycles. The molecular weight excluding hydrogens is 288 g/mol. The summed E-state index contributed by atoms with van der Waals surface area (Å²) in [5.41, 5.74) is 0.425. The van der Waals surface area contributed by atoms with Crippen molar-refractivity contribution in [3.05, 3.63) is 21.0 Å². The van der Waals surface area contributed by atoms with Gasteiger partial charge in [-0.1, -0.05) is 0 Å². The van der Waals surface area contributed by atoms with Crippen molar-refractivity contribution in [1.29, 1.82) is 0 Å². The Morgan fingerprint density at radius 2 is 2.29 bits per heavy atom. The zero-order valence-electron chi connectivity index (χ0n) is 9.99. The number of aromatic amines is 1. The van der Waals surface area contributed by atoms with Crippen LogP contribution in [-0.2, 0) is 4.74 Å². The first kappa shape index (κ1) is 14.1. The Balaban J connectivity index is 2.23. The van der Waals surface area contributed by atoms with Crippen LogP contribution >= 0.6 is 15.9 Å². The first-order valence-corrected chi connectivity index (χ1v) is 6.10. The Bertz CT molecular complexity index is 394. The number of hydrogen-bond acceptors (Lipinski definition) is 5. The molecule has 7 heteroatoms. The van der Waals surface area contributed by atoms with E-state index in [4.69, 9.17) is 4.74 Å². The summed E-state index contributed by atoms with van der Waals surface area (Å²) in [5, 5.41) is 9.11. The van der Waals surface area contributed by atoms with Crippen LogP contribution in [0.4, 0.5) is 5.69 Å². The molecule has 0 bridgehead atoms. The normalized spacial score (nSPS) is 10.8. The maximum atomic E-state index is 11.2.